The monoisotopic (exact) mass is 390 g/mol. The number of ether oxygens (including phenoxy) is 1. The summed E-state index contributed by atoms with van der Waals surface area (Å²) >= 11 is 2.15. The molecule has 3 nitrogen and oxygen atoms in total. The minimum Gasteiger partial charge on any atom is -0.506 e. The first-order valence-electron chi connectivity index (χ1n) is 6.34. The Morgan fingerprint density at radius 1 is 0.952 bits per heavy atom. The van der Waals surface area contributed by atoms with Crippen molar-refractivity contribution in [3.05, 3.63) is 69.8 Å². The van der Waals surface area contributed by atoms with Crippen LogP contribution in [0.5, 0.6) is 11.5 Å². The number of rotatable bonds is 2. The van der Waals surface area contributed by atoms with Gasteiger partial charge in [-0.2, -0.15) is 0 Å². The zero-order valence-corrected chi connectivity index (χ0v) is 13.1. The van der Waals surface area contributed by atoms with E-state index in [1.165, 1.54) is 0 Å². The van der Waals surface area contributed by atoms with Crippen molar-refractivity contribution >= 4 is 39.3 Å². The van der Waals surface area contributed by atoms with Crippen LogP contribution in [0.1, 0.15) is 10.4 Å². The molecule has 104 valence electrons. The van der Waals surface area contributed by atoms with Crippen LogP contribution in [-0.2, 0) is 0 Å². The number of para-hydroxylation sites is 1. The van der Waals surface area contributed by atoms with Crippen LogP contribution in [0.2, 0.25) is 0 Å². The van der Waals surface area contributed by atoms with Gasteiger partial charge in [-0.25, -0.2) is 4.79 Å². The quantitative estimate of drug-likeness (QED) is 0.402. The van der Waals surface area contributed by atoms with Crippen molar-refractivity contribution in [3.63, 3.8) is 0 Å². The van der Waals surface area contributed by atoms with E-state index in [-0.39, 0.29) is 11.3 Å². The van der Waals surface area contributed by atoms with Crippen LogP contribution in [0.3, 0.4) is 0 Å². The van der Waals surface area contributed by atoms with Gasteiger partial charge in [-0.15, -0.1) is 0 Å². The number of carbonyl (C=O) groups excluding carboxylic acids is 1. The number of hydrogen-bond donors (Lipinski definition) is 1. The Hall–Kier alpha value is -2.08. The fraction of sp³-hybridized carbons (Fsp3) is 0. The predicted octanol–water partition coefficient (Wildman–Crippen LogP) is 4.37. The lowest BCUT2D eigenvalue weighted by Crippen LogP contribution is -2.09. The second-order valence-corrected chi connectivity index (χ2v) is 5.66. The summed E-state index contributed by atoms with van der Waals surface area (Å²) in [4.78, 5) is 12.2. The van der Waals surface area contributed by atoms with Crippen molar-refractivity contribution in [1.29, 1.82) is 0 Å². The summed E-state index contributed by atoms with van der Waals surface area (Å²) in [7, 11) is 0. The summed E-state index contributed by atoms with van der Waals surface area (Å²) in [5, 5.41) is 11.9. The second-order valence-electron chi connectivity index (χ2n) is 4.50. The lowest BCUT2D eigenvalue weighted by molar-refractivity contribution is 0.0732. The van der Waals surface area contributed by atoms with Crippen molar-refractivity contribution in [2.45, 2.75) is 0 Å². The van der Waals surface area contributed by atoms with Gasteiger partial charge in [-0.05, 0) is 46.2 Å². The molecular formula is C17H11IO3. The van der Waals surface area contributed by atoms with E-state index in [1.807, 2.05) is 24.3 Å². The van der Waals surface area contributed by atoms with Gasteiger partial charge in [0.25, 0.3) is 0 Å². The maximum atomic E-state index is 12.2. The van der Waals surface area contributed by atoms with Crippen LogP contribution in [-0.4, -0.2) is 11.1 Å². The molecule has 0 aliphatic heterocycles. The van der Waals surface area contributed by atoms with Crippen LogP contribution in [0.15, 0.2) is 60.7 Å². The van der Waals surface area contributed by atoms with E-state index in [0.29, 0.717) is 11.1 Å². The molecule has 0 atom stereocenters. The van der Waals surface area contributed by atoms with Gasteiger partial charge in [0.1, 0.15) is 17.1 Å². The highest BCUT2D eigenvalue weighted by Gasteiger charge is 2.18. The molecule has 3 aromatic carbocycles. The summed E-state index contributed by atoms with van der Waals surface area (Å²) in [6, 6.07) is 17.9. The SMILES string of the molecule is O=C(Oc1ccccc1)c1cc(I)c2ccccc2c1O. The fourth-order valence-corrected chi connectivity index (χ4v) is 2.90. The average molecular weight is 390 g/mol. The number of aromatic hydroxyl groups is 1. The van der Waals surface area contributed by atoms with E-state index in [0.717, 1.165) is 8.96 Å². The van der Waals surface area contributed by atoms with Gasteiger partial charge in [0.05, 0.1) is 0 Å². The maximum absolute atomic E-state index is 12.2. The molecule has 0 heterocycles. The minimum absolute atomic E-state index is 0.0491. The van der Waals surface area contributed by atoms with E-state index < -0.39 is 5.97 Å². The van der Waals surface area contributed by atoms with Gasteiger partial charge in [0.15, 0.2) is 0 Å². The standard InChI is InChI=1S/C17H11IO3/c18-15-10-14(16(19)13-9-5-4-8-12(13)15)17(20)21-11-6-2-1-3-7-11/h1-10,19H. The molecule has 0 unspecified atom stereocenters. The first-order valence-corrected chi connectivity index (χ1v) is 7.42. The van der Waals surface area contributed by atoms with Gasteiger partial charge in [-0.1, -0.05) is 42.5 Å². The molecule has 0 aromatic heterocycles. The molecule has 3 rings (SSSR count). The third-order valence-corrected chi connectivity index (χ3v) is 4.03. The lowest BCUT2D eigenvalue weighted by atomic mass is 10.1. The second kappa shape index (κ2) is 5.73. The summed E-state index contributed by atoms with van der Waals surface area (Å²) < 4.78 is 6.17. The Morgan fingerprint density at radius 3 is 2.29 bits per heavy atom. The normalized spacial score (nSPS) is 10.5. The van der Waals surface area contributed by atoms with E-state index in [2.05, 4.69) is 22.6 Å². The lowest BCUT2D eigenvalue weighted by Gasteiger charge is -2.10. The highest BCUT2D eigenvalue weighted by atomic mass is 127. The molecule has 0 amide bonds. The maximum Gasteiger partial charge on any atom is 0.347 e. The molecule has 0 spiro atoms. The van der Waals surface area contributed by atoms with Crippen LogP contribution >= 0.6 is 22.6 Å². The van der Waals surface area contributed by atoms with Crippen LogP contribution < -0.4 is 4.74 Å². The number of fused-ring (bicyclic) bond motifs is 1. The van der Waals surface area contributed by atoms with Crippen LogP contribution in [0.25, 0.3) is 10.8 Å². The van der Waals surface area contributed by atoms with E-state index in [4.69, 9.17) is 4.74 Å². The number of phenolic OH excluding ortho intramolecular Hbond substituents is 1. The molecule has 0 aliphatic rings. The topological polar surface area (TPSA) is 46.5 Å². The van der Waals surface area contributed by atoms with E-state index >= 15 is 0 Å². The molecule has 21 heavy (non-hydrogen) atoms. The zero-order chi connectivity index (χ0) is 14.8. The molecule has 3 aromatic rings. The highest BCUT2D eigenvalue weighted by Crippen LogP contribution is 2.33. The first-order chi connectivity index (χ1) is 10.2. The summed E-state index contributed by atoms with van der Waals surface area (Å²) in [5.74, 6) is -0.167. The molecule has 4 heteroatoms. The smallest absolute Gasteiger partial charge is 0.347 e. The van der Waals surface area contributed by atoms with Crippen molar-refractivity contribution < 1.29 is 14.6 Å². The minimum atomic E-state index is -0.567. The third-order valence-electron chi connectivity index (χ3n) is 3.14. The van der Waals surface area contributed by atoms with Crippen molar-refractivity contribution in [3.8, 4) is 11.5 Å². The average Bonchev–Trinajstić information content (AvgIpc) is 2.52. The molecule has 0 fully saturated rings. The Morgan fingerprint density at radius 2 is 1.57 bits per heavy atom. The van der Waals surface area contributed by atoms with Crippen LogP contribution in [0.4, 0.5) is 0 Å². The highest BCUT2D eigenvalue weighted by molar-refractivity contribution is 14.1. The molecule has 0 bridgehead atoms. The molecule has 1 N–H and O–H groups in total. The molecular weight excluding hydrogens is 379 g/mol. The Labute approximate surface area is 135 Å². The molecule has 0 aliphatic carbocycles. The van der Waals surface area contributed by atoms with Gasteiger partial charge in [-0.3, -0.25) is 0 Å². The summed E-state index contributed by atoms with van der Waals surface area (Å²) in [5.41, 5.74) is 0.168. The van der Waals surface area contributed by atoms with Crippen molar-refractivity contribution in [2.24, 2.45) is 0 Å². The molecule has 0 saturated heterocycles. The number of phenols is 1. The number of benzene rings is 3. The largest absolute Gasteiger partial charge is 0.506 e. The number of esters is 1. The Bertz CT molecular complexity index is 813. The number of hydrogen-bond acceptors (Lipinski definition) is 3. The van der Waals surface area contributed by atoms with Gasteiger partial charge >= 0.3 is 5.97 Å². The van der Waals surface area contributed by atoms with Crippen molar-refractivity contribution in [2.75, 3.05) is 0 Å². The number of carbonyl (C=O) groups is 1. The van der Waals surface area contributed by atoms with Gasteiger partial charge < -0.3 is 9.84 Å². The molecule has 0 saturated carbocycles. The van der Waals surface area contributed by atoms with Gasteiger partial charge in [0, 0.05) is 8.96 Å². The predicted molar refractivity (Wildman–Crippen MR) is 89.7 cm³/mol. The first kappa shape index (κ1) is 13.9. The number of halogens is 1. The van der Waals surface area contributed by atoms with Crippen molar-refractivity contribution in [1.82, 2.24) is 0 Å². The van der Waals surface area contributed by atoms with Crippen LogP contribution in [0, 0.1) is 3.57 Å². The zero-order valence-electron chi connectivity index (χ0n) is 10.9. The summed E-state index contributed by atoms with van der Waals surface area (Å²) in [6.45, 7) is 0. The molecule has 0 radical (unpaired) electrons. The fourth-order valence-electron chi connectivity index (χ4n) is 2.12. The Kier molecular flexibility index (Phi) is 3.79. The van der Waals surface area contributed by atoms with E-state index in [1.54, 1.807) is 36.4 Å². The summed E-state index contributed by atoms with van der Waals surface area (Å²) in [6.07, 6.45) is 0. The van der Waals surface area contributed by atoms with E-state index in [9.17, 15) is 9.90 Å². The Balaban J connectivity index is 2.04. The van der Waals surface area contributed by atoms with Gasteiger partial charge in [0.2, 0.25) is 0 Å². The third kappa shape index (κ3) is 2.71.